The summed E-state index contributed by atoms with van der Waals surface area (Å²) in [5.41, 5.74) is 0.302. The Hall–Kier alpha value is -2.88. The van der Waals surface area contributed by atoms with Crippen molar-refractivity contribution >= 4 is 39.5 Å². The van der Waals surface area contributed by atoms with E-state index in [4.69, 9.17) is 11.6 Å². The van der Waals surface area contributed by atoms with Crippen molar-refractivity contribution < 1.29 is 31.1 Å². The predicted molar refractivity (Wildman–Crippen MR) is 127 cm³/mol. The number of hydrogen-bond acceptors (Lipinski definition) is 3. The monoisotopic (exact) mass is 525 g/mol. The second kappa shape index (κ2) is 9.29. The fourth-order valence-electron chi connectivity index (χ4n) is 3.98. The summed E-state index contributed by atoms with van der Waals surface area (Å²) in [6.45, 7) is 1.49. The molecular weight excluding hydrogens is 506 g/mol. The first-order chi connectivity index (χ1) is 16.4. The topological polar surface area (TPSA) is 57.6 Å². The Morgan fingerprint density at radius 1 is 1.06 bits per heavy atom. The number of aliphatic hydroxyl groups excluding tert-OH is 1. The molecule has 0 aromatic heterocycles. The summed E-state index contributed by atoms with van der Waals surface area (Å²) in [6.07, 6.45) is -2.63. The first kappa shape index (κ1) is 25.2. The molecule has 0 fully saturated rings. The van der Waals surface area contributed by atoms with Gasteiger partial charge in [0.1, 0.15) is 5.82 Å². The number of fused-ring (bicyclic) bond motifs is 1. The lowest BCUT2D eigenvalue weighted by Crippen LogP contribution is -2.49. The van der Waals surface area contributed by atoms with Crippen LogP contribution in [-0.2, 0) is 22.6 Å². The van der Waals surface area contributed by atoms with Gasteiger partial charge in [0.15, 0.2) is 0 Å². The molecule has 1 heterocycles. The van der Waals surface area contributed by atoms with Crippen LogP contribution >= 0.6 is 11.6 Å². The molecule has 184 valence electrons. The van der Waals surface area contributed by atoms with Gasteiger partial charge in [0.05, 0.1) is 33.3 Å². The molecule has 0 amide bonds. The van der Waals surface area contributed by atoms with E-state index in [0.717, 1.165) is 22.5 Å². The van der Waals surface area contributed by atoms with Crippen molar-refractivity contribution in [3.05, 3.63) is 93.8 Å². The molecule has 0 aliphatic carbocycles. The predicted octanol–water partition coefficient (Wildman–Crippen LogP) is 6.17. The number of nitrogens with zero attached hydrogens (tertiary/aromatic N) is 1. The summed E-state index contributed by atoms with van der Waals surface area (Å²) >= 11 is 6.06. The molecule has 3 aromatic carbocycles. The Kier molecular flexibility index (Phi) is 6.70. The normalized spacial score (nSPS) is 18.7. The van der Waals surface area contributed by atoms with Gasteiger partial charge in [-0.15, -0.1) is 0 Å². The Balaban J connectivity index is 1.80. The maximum atomic E-state index is 14.1. The van der Waals surface area contributed by atoms with Gasteiger partial charge in [0, 0.05) is 12.0 Å². The first-order valence-corrected chi connectivity index (χ1v) is 12.4. The number of aliphatic hydroxyl groups is 1. The summed E-state index contributed by atoms with van der Waals surface area (Å²) in [4.78, 5) is -0.543. The average molecular weight is 526 g/mol. The van der Waals surface area contributed by atoms with Gasteiger partial charge in [0.2, 0.25) is 0 Å². The summed E-state index contributed by atoms with van der Waals surface area (Å²) in [5, 5.41) is 10.7. The SMILES string of the molecule is C[C@@H]1[C@H](O)Cc2ccc(/C=C/c3c(F)cccc3Cl)cc2N1S(=O)(=O)c1cccc(C(F)(F)F)c1. The van der Waals surface area contributed by atoms with Crippen LogP contribution in [-0.4, -0.2) is 25.7 Å². The average Bonchev–Trinajstić information content (AvgIpc) is 2.79. The molecule has 0 saturated heterocycles. The van der Waals surface area contributed by atoms with Crippen LogP contribution in [0, 0.1) is 5.82 Å². The van der Waals surface area contributed by atoms with Gasteiger partial charge >= 0.3 is 6.18 Å². The maximum Gasteiger partial charge on any atom is 0.416 e. The molecule has 4 nitrogen and oxygen atoms in total. The zero-order valence-corrected chi connectivity index (χ0v) is 19.9. The molecule has 3 aromatic rings. The molecule has 4 rings (SSSR count). The molecule has 0 spiro atoms. The van der Waals surface area contributed by atoms with Gasteiger partial charge in [-0.2, -0.15) is 13.2 Å². The van der Waals surface area contributed by atoms with Crippen molar-refractivity contribution in [2.24, 2.45) is 0 Å². The van der Waals surface area contributed by atoms with E-state index in [9.17, 15) is 31.1 Å². The third-order valence-corrected chi connectivity index (χ3v) is 8.09. The van der Waals surface area contributed by atoms with E-state index in [1.165, 1.54) is 37.3 Å². The highest BCUT2D eigenvalue weighted by atomic mass is 35.5. The van der Waals surface area contributed by atoms with E-state index >= 15 is 0 Å². The molecule has 1 aliphatic rings. The number of hydrogen-bond donors (Lipinski definition) is 1. The van der Waals surface area contributed by atoms with Gasteiger partial charge in [-0.1, -0.05) is 41.9 Å². The smallest absolute Gasteiger partial charge is 0.391 e. The van der Waals surface area contributed by atoms with E-state index in [-0.39, 0.29) is 22.7 Å². The lowest BCUT2D eigenvalue weighted by molar-refractivity contribution is -0.137. The first-order valence-electron chi connectivity index (χ1n) is 10.5. The molecule has 1 aliphatic heterocycles. The zero-order chi connectivity index (χ0) is 25.5. The van der Waals surface area contributed by atoms with Crippen LogP contribution in [0.1, 0.15) is 29.2 Å². The van der Waals surface area contributed by atoms with Gasteiger partial charge in [0.25, 0.3) is 10.0 Å². The molecule has 2 atom stereocenters. The molecule has 0 unspecified atom stereocenters. The number of benzene rings is 3. The standard InChI is InChI=1S/C25H20ClF4NO3S/c1-15-24(32)13-17-10-8-16(9-11-20-21(26)6-3-7-22(20)27)12-23(17)31(15)35(33,34)19-5-2-4-18(14-19)25(28,29)30/h2-12,14-15,24,32H,13H2,1H3/b11-9+/t15-,24-/m1/s1. The van der Waals surface area contributed by atoms with Gasteiger partial charge in [-0.25, -0.2) is 12.8 Å². The Morgan fingerprint density at radius 3 is 2.46 bits per heavy atom. The van der Waals surface area contributed by atoms with Gasteiger partial charge < -0.3 is 5.11 Å². The van der Waals surface area contributed by atoms with Gasteiger partial charge in [-0.3, -0.25) is 4.31 Å². The van der Waals surface area contributed by atoms with Crippen LogP contribution < -0.4 is 4.31 Å². The zero-order valence-electron chi connectivity index (χ0n) is 18.3. The van der Waals surface area contributed by atoms with Crippen molar-refractivity contribution in [2.75, 3.05) is 4.31 Å². The summed E-state index contributed by atoms with van der Waals surface area (Å²) in [5.74, 6) is -0.530. The highest BCUT2D eigenvalue weighted by molar-refractivity contribution is 7.92. The van der Waals surface area contributed by atoms with Crippen molar-refractivity contribution in [1.29, 1.82) is 0 Å². The third kappa shape index (κ3) is 4.94. The minimum absolute atomic E-state index is 0.157. The number of rotatable bonds is 4. The second-order valence-corrected chi connectivity index (χ2v) is 10.4. The Labute approximate surface area is 205 Å². The third-order valence-electron chi connectivity index (χ3n) is 5.86. The highest BCUT2D eigenvalue weighted by Crippen LogP contribution is 2.38. The Bertz CT molecular complexity index is 1390. The van der Waals surface area contributed by atoms with Crippen LogP contribution in [0.2, 0.25) is 5.02 Å². The van der Waals surface area contributed by atoms with Crippen molar-refractivity contribution in [3.8, 4) is 0 Å². The molecule has 0 saturated carbocycles. The van der Waals surface area contributed by atoms with Crippen molar-refractivity contribution in [3.63, 3.8) is 0 Å². The maximum absolute atomic E-state index is 14.1. The quantitative estimate of drug-likeness (QED) is 0.327. The fourth-order valence-corrected chi connectivity index (χ4v) is 5.96. The number of halogens is 5. The summed E-state index contributed by atoms with van der Waals surface area (Å²) < 4.78 is 81.8. The number of anilines is 1. The summed E-state index contributed by atoms with van der Waals surface area (Å²) in [7, 11) is -4.47. The van der Waals surface area contributed by atoms with E-state index in [1.807, 2.05) is 0 Å². The highest BCUT2D eigenvalue weighted by Gasteiger charge is 2.39. The number of sulfonamides is 1. The minimum atomic E-state index is -4.72. The van der Waals surface area contributed by atoms with E-state index < -0.39 is 44.6 Å². The van der Waals surface area contributed by atoms with Crippen molar-refractivity contribution in [2.45, 2.75) is 36.6 Å². The van der Waals surface area contributed by atoms with Crippen LogP contribution in [0.5, 0.6) is 0 Å². The number of alkyl halides is 3. The van der Waals surface area contributed by atoms with E-state index in [2.05, 4.69) is 0 Å². The van der Waals surface area contributed by atoms with E-state index in [1.54, 1.807) is 18.2 Å². The van der Waals surface area contributed by atoms with Crippen LogP contribution in [0.25, 0.3) is 12.2 Å². The molecule has 0 radical (unpaired) electrons. The second-order valence-electron chi connectivity index (χ2n) is 8.20. The molecule has 1 N–H and O–H groups in total. The van der Waals surface area contributed by atoms with Crippen LogP contribution in [0.4, 0.5) is 23.2 Å². The lowest BCUT2D eigenvalue weighted by atomic mass is 9.95. The fraction of sp³-hybridized carbons (Fsp3) is 0.200. The van der Waals surface area contributed by atoms with Crippen LogP contribution in [0.3, 0.4) is 0 Å². The van der Waals surface area contributed by atoms with Crippen LogP contribution in [0.15, 0.2) is 65.6 Å². The largest absolute Gasteiger partial charge is 0.416 e. The molecular formula is C25H20ClF4NO3S. The minimum Gasteiger partial charge on any atom is -0.391 e. The molecule has 35 heavy (non-hydrogen) atoms. The van der Waals surface area contributed by atoms with E-state index in [0.29, 0.717) is 17.2 Å². The molecule has 10 heteroatoms. The lowest BCUT2D eigenvalue weighted by Gasteiger charge is -2.39. The van der Waals surface area contributed by atoms with Crippen molar-refractivity contribution in [1.82, 2.24) is 0 Å². The van der Waals surface area contributed by atoms with Gasteiger partial charge in [-0.05, 0) is 60.5 Å². The molecule has 0 bridgehead atoms. The summed E-state index contributed by atoms with van der Waals surface area (Å²) in [6, 6.07) is 11.6. The Morgan fingerprint density at radius 2 is 1.77 bits per heavy atom.